The van der Waals surface area contributed by atoms with Crippen molar-refractivity contribution in [3.8, 4) is 11.5 Å². The zero-order valence-corrected chi connectivity index (χ0v) is 20.2. The molecule has 0 unspecified atom stereocenters. The van der Waals surface area contributed by atoms with Gasteiger partial charge in [0.25, 0.3) is 0 Å². The van der Waals surface area contributed by atoms with Crippen LogP contribution in [0.3, 0.4) is 0 Å². The van der Waals surface area contributed by atoms with E-state index in [1.54, 1.807) is 0 Å². The van der Waals surface area contributed by atoms with Gasteiger partial charge in [-0.25, -0.2) is 0 Å². The van der Waals surface area contributed by atoms with Gasteiger partial charge in [0.1, 0.15) is 11.5 Å². The summed E-state index contributed by atoms with van der Waals surface area (Å²) in [7, 11) is 0. The lowest BCUT2D eigenvalue weighted by Gasteiger charge is -2.25. The second-order valence-electron chi connectivity index (χ2n) is 9.24. The van der Waals surface area contributed by atoms with Crippen LogP contribution >= 0.6 is 0 Å². The fourth-order valence-corrected chi connectivity index (χ4v) is 4.37. The maximum atomic E-state index is 12.6. The zero-order chi connectivity index (χ0) is 23.5. The Labute approximate surface area is 198 Å². The molecule has 1 aliphatic rings. The normalized spacial score (nSPS) is 18.0. The Morgan fingerprint density at radius 3 is 1.42 bits per heavy atom. The quantitative estimate of drug-likeness (QED) is 0.208. The van der Waals surface area contributed by atoms with E-state index in [2.05, 4.69) is 13.8 Å². The topological polar surface area (TPSA) is 52.6 Å². The van der Waals surface area contributed by atoms with Gasteiger partial charge in [0.15, 0.2) is 0 Å². The number of aryl methyl sites for hydroxylation is 2. The molecule has 2 aromatic carbocycles. The van der Waals surface area contributed by atoms with Crippen LogP contribution in [-0.2, 0) is 22.4 Å². The third-order valence-corrected chi connectivity index (χ3v) is 6.57. The number of esters is 2. The number of unbranched alkanes of at least 4 members (excludes halogenated alkanes) is 3. The molecule has 2 aromatic rings. The van der Waals surface area contributed by atoms with Gasteiger partial charge in [-0.15, -0.1) is 0 Å². The molecule has 0 aromatic heterocycles. The highest BCUT2D eigenvalue weighted by molar-refractivity contribution is 5.77. The van der Waals surface area contributed by atoms with Gasteiger partial charge in [-0.3, -0.25) is 9.59 Å². The van der Waals surface area contributed by atoms with Crippen LogP contribution in [0.2, 0.25) is 0 Å². The molecule has 0 bridgehead atoms. The lowest BCUT2D eigenvalue weighted by Crippen LogP contribution is -2.30. The third kappa shape index (κ3) is 8.03. The van der Waals surface area contributed by atoms with Crippen molar-refractivity contribution in [2.24, 2.45) is 11.8 Å². The Morgan fingerprint density at radius 2 is 1.03 bits per heavy atom. The summed E-state index contributed by atoms with van der Waals surface area (Å²) in [6.45, 7) is 4.38. The number of benzene rings is 2. The van der Waals surface area contributed by atoms with Crippen molar-refractivity contribution in [3.05, 3.63) is 59.7 Å². The van der Waals surface area contributed by atoms with E-state index in [1.807, 2.05) is 48.5 Å². The SMILES string of the molecule is CCCCCc1ccc(OC(=O)C2CCC(C(=O)Oc3ccc(CCCC)cc3)CC2)cc1. The Hall–Kier alpha value is -2.62. The molecule has 0 heterocycles. The average molecular weight is 451 g/mol. The minimum absolute atomic E-state index is 0.156. The second kappa shape index (κ2) is 13.2. The van der Waals surface area contributed by atoms with Crippen molar-refractivity contribution in [1.82, 2.24) is 0 Å². The highest BCUT2D eigenvalue weighted by atomic mass is 16.5. The number of ether oxygens (including phenoxy) is 2. The summed E-state index contributed by atoms with van der Waals surface area (Å²) in [5.74, 6) is 0.500. The Balaban J connectivity index is 1.41. The molecular formula is C29H38O4. The van der Waals surface area contributed by atoms with Crippen molar-refractivity contribution < 1.29 is 19.1 Å². The minimum atomic E-state index is -0.193. The van der Waals surface area contributed by atoms with Crippen molar-refractivity contribution in [2.45, 2.75) is 84.5 Å². The molecule has 0 aliphatic heterocycles. The average Bonchev–Trinajstić information content (AvgIpc) is 2.85. The third-order valence-electron chi connectivity index (χ3n) is 6.57. The molecule has 3 rings (SSSR count). The zero-order valence-electron chi connectivity index (χ0n) is 20.2. The van der Waals surface area contributed by atoms with Crippen LogP contribution in [-0.4, -0.2) is 11.9 Å². The summed E-state index contributed by atoms with van der Waals surface area (Å²) >= 11 is 0. The second-order valence-corrected chi connectivity index (χ2v) is 9.24. The maximum Gasteiger partial charge on any atom is 0.314 e. The number of hydrogen-bond acceptors (Lipinski definition) is 4. The minimum Gasteiger partial charge on any atom is -0.426 e. The van der Waals surface area contributed by atoms with Gasteiger partial charge in [0.05, 0.1) is 11.8 Å². The number of rotatable bonds is 11. The smallest absolute Gasteiger partial charge is 0.314 e. The first kappa shape index (κ1) is 25.0. The Morgan fingerprint density at radius 1 is 0.636 bits per heavy atom. The molecule has 4 nitrogen and oxygen atoms in total. The van der Waals surface area contributed by atoms with E-state index >= 15 is 0 Å². The monoisotopic (exact) mass is 450 g/mol. The van der Waals surface area contributed by atoms with E-state index in [-0.39, 0.29) is 23.8 Å². The summed E-state index contributed by atoms with van der Waals surface area (Å²) in [6, 6.07) is 15.7. The van der Waals surface area contributed by atoms with Crippen LogP contribution in [0.5, 0.6) is 11.5 Å². The van der Waals surface area contributed by atoms with Crippen LogP contribution < -0.4 is 9.47 Å². The molecule has 0 radical (unpaired) electrons. The predicted molar refractivity (Wildman–Crippen MR) is 131 cm³/mol. The first-order valence-corrected chi connectivity index (χ1v) is 12.7. The van der Waals surface area contributed by atoms with Crippen molar-refractivity contribution in [2.75, 3.05) is 0 Å². The molecular weight excluding hydrogens is 412 g/mol. The summed E-state index contributed by atoms with van der Waals surface area (Å²) in [6.07, 6.45) is 10.7. The molecule has 0 amide bonds. The summed E-state index contributed by atoms with van der Waals surface area (Å²) in [5, 5.41) is 0. The van der Waals surface area contributed by atoms with E-state index in [0.29, 0.717) is 37.2 Å². The van der Waals surface area contributed by atoms with E-state index in [0.717, 1.165) is 19.3 Å². The van der Waals surface area contributed by atoms with Crippen molar-refractivity contribution in [3.63, 3.8) is 0 Å². The molecule has 1 saturated carbocycles. The molecule has 0 spiro atoms. The molecule has 0 N–H and O–H groups in total. The van der Waals surface area contributed by atoms with Gasteiger partial charge in [-0.05, 0) is 86.8 Å². The van der Waals surface area contributed by atoms with Gasteiger partial charge in [0.2, 0.25) is 0 Å². The summed E-state index contributed by atoms with van der Waals surface area (Å²) < 4.78 is 11.2. The first-order chi connectivity index (χ1) is 16.1. The highest BCUT2D eigenvalue weighted by Crippen LogP contribution is 2.31. The molecule has 1 aliphatic carbocycles. The van der Waals surface area contributed by atoms with Gasteiger partial charge < -0.3 is 9.47 Å². The fraction of sp³-hybridized carbons (Fsp3) is 0.517. The lowest BCUT2D eigenvalue weighted by molar-refractivity contribution is -0.145. The Kier molecular flexibility index (Phi) is 9.99. The number of hydrogen-bond donors (Lipinski definition) is 0. The van der Waals surface area contributed by atoms with Gasteiger partial charge in [-0.2, -0.15) is 0 Å². The van der Waals surface area contributed by atoms with E-state index in [4.69, 9.17) is 9.47 Å². The van der Waals surface area contributed by atoms with Crippen LogP contribution in [0.15, 0.2) is 48.5 Å². The summed E-state index contributed by atoms with van der Waals surface area (Å²) in [4.78, 5) is 25.2. The van der Waals surface area contributed by atoms with E-state index < -0.39 is 0 Å². The lowest BCUT2D eigenvalue weighted by atomic mass is 9.82. The molecule has 33 heavy (non-hydrogen) atoms. The number of carbonyl (C=O) groups excluding carboxylic acids is 2. The highest BCUT2D eigenvalue weighted by Gasteiger charge is 2.32. The molecule has 4 heteroatoms. The van der Waals surface area contributed by atoms with Crippen LogP contribution in [0.25, 0.3) is 0 Å². The largest absolute Gasteiger partial charge is 0.426 e. The molecule has 0 saturated heterocycles. The van der Waals surface area contributed by atoms with Crippen LogP contribution in [0, 0.1) is 11.8 Å². The molecule has 178 valence electrons. The standard InChI is InChI=1S/C29H38O4/c1-3-5-7-9-23-12-20-27(21-13-23)33-29(31)25-16-14-24(15-17-25)28(30)32-26-18-10-22(11-19-26)8-6-4-2/h10-13,18-21,24-25H,3-9,14-17H2,1-2H3. The number of carbonyl (C=O) groups is 2. The Bertz CT molecular complexity index is 861. The van der Waals surface area contributed by atoms with Gasteiger partial charge in [-0.1, -0.05) is 57.4 Å². The van der Waals surface area contributed by atoms with E-state index in [1.165, 1.54) is 36.8 Å². The van der Waals surface area contributed by atoms with Gasteiger partial charge >= 0.3 is 11.9 Å². The maximum absolute atomic E-state index is 12.6. The van der Waals surface area contributed by atoms with Crippen molar-refractivity contribution in [1.29, 1.82) is 0 Å². The molecule has 1 fully saturated rings. The van der Waals surface area contributed by atoms with E-state index in [9.17, 15) is 9.59 Å². The van der Waals surface area contributed by atoms with Crippen molar-refractivity contribution >= 4 is 11.9 Å². The predicted octanol–water partition coefficient (Wildman–Crippen LogP) is 7.08. The summed E-state index contributed by atoms with van der Waals surface area (Å²) in [5.41, 5.74) is 2.54. The van der Waals surface area contributed by atoms with Crippen LogP contribution in [0.4, 0.5) is 0 Å². The van der Waals surface area contributed by atoms with Gasteiger partial charge in [0, 0.05) is 0 Å². The molecule has 0 atom stereocenters. The first-order valence-electron chi connectivity index (χ1n) is 12.7. The fourth-order valence-electron chi connectivity index (χ4n) is 4.37. The van der Waals surface area contributed by atoms with Crippen LogP contribution in [0.1, 0.15) is 82.8 Å².